The second kappa shape index (κ2) is 5.79. The minimum atomic E-state index is 0.137. The number of benzene rings is 1. The monoisotopic (exact) mass is 261 g/mol. The molecule has 19 heavy (non-hydrogen) atoms. The highest BCUT2D eigenvalue weighted by atomic mass is 16.5. The van der Waals surface area contributed by atoms with Crippen LogP contribution in [0.4, 0.5) is 5.69 Å². The molecule has 0 spiro atoms. The molecule has 0 amide bonds. The highest BCUT2D eigenvalue weighted by molar-refractivity contribution is 5.54. The van der Waals surface area contributed by atoms with E-state index in [2.05, 4.69) is 27.8 Å². The minimum absolute atomic E-state index is 0.137. The zero-order chi connectivity index (χ0) is 13.8. The summed E-state index contributed by atoms with van der Waals surface area (Å²) in [6, 6.07) is 6.34. The standard InChI is InChI=1S/C13H19N5O/c1-9-5-6-12(15-10(2)11(3)19-4)7-13(9)18-8-14-16-17-18/h5-8,10-11,15H,1-4H3. The number of anilines is 1. The lowest BCUT2D eigenvalue weighted by atomic mass is 10.1. The fourth-order valence-electron chi connectivity index (χ4n) is 1.80. The number of aromatic nitrogens is 4. The van der Waals surface area contributed by atoms with Crippen molar-refractivity contribution in [3.05, 3.63) is 30.1 Å². The summed E-state index contributed by atoms with van der Waals surface area (Å²) in [6.45, 7) is 6.15. The van der Waals surface area contributed by atoms with E-state index in [1.54, 1.807) is 18.1 Å². The molecule has 2 aromatic rings. The number of ether oxygens (including phenoxy) is 1. The molecule has 6 nitrogen and oxygen atoms in total. The quantitative estimate of drug-likeness (QED) is 0.889. The van der Waals surface area contributed by atoms with Gasteiger partial charge in [0.15, 0.2) is 0 Å². The Morgan fingerprint density at radius 3 is 2.74 bits per heavy atom. The average molecular weight is 261 g/mol. The van der Waals surface area contributed by atoms with Gasteiger partial charge in [-0.3, -0.25) is 0 Å². The first-order chi connectivity index (χ1) is 9.11. The van der Waals surface area contributed by atoms with Crippen LogP contribution in [0.1, 0.15) is 19.4 Å². The highest BCUT2D eigenvalue weighted by Crippen LogP contribution is 2.19. The lowest BCUT2D eigenvalue weighted by Gasteiger charge is -2.21. The van der Waals surface area contributed by atoms with E-state index in [4.69, 9.17) is 4.74 Å². The number of nitrogens with zero attached hydrogens (tertiary/aromatic N) is 4. The molecule has 1 aromatic carbocycles. The molecule has 1 aromatic heterocycles. The van der Waals surface area contributed by atoms with Gasteiger partial charge in [-0.05, 0) is 48.9 Å². The zero-order valence-electron chi connectivity index (χ0n) is 11.7. The third-order valence-corrected chi connectivity index (χ3v) is 3.28. The van der Waals surface area contributed by atoms with Crippen molar-refractivity contribution in [1.82, 2.24) is 20.2 Å². The Hall–Kier alpha value is -1.95. The number of hydrogen-bond donors (Lipinski definition) is 1. The highest BCUT2D eigenvalue weighted by Gasteiger charge is 2.12. The molecular weight excluding hydrogens is 242 g/mol. The summed E-state index contributed by atoms with van der Waals surface area (Å²) < 4.78 is 6.97. The maximum atomic E-state index is 5.31. The number of hydrogen-bond acceptors (Lipinski definition) is 5. The third-order valence-electron chi connectivity index (χ3n) is 3.28. The molecule has 0 saturated heterocycles. The van der Waals surface area contributed by atoms with Gasteiger partial charge >= 0.3 is 0 Å². The van der Waals surface area contributed by atoms with E-state index in [1.807, 2.05) is 32.0 Å². The normalized spacial score (nSPS) is 14.1. The van der Waals surface area contributed by atoms with Crippen LogP contribution < -0.4 is 5.32 Å². The molecule has 1 N–H and O–H groups in total. The summed E-state index contributed by atoms with van der Waals surface area (Å²) >= 11 is 0. The van der Waals surface area contributed by atoms with Crippen LogP contribution in [0, 0.1) is 6.92 Å². The predicted octanol–water partition coefficient (Wildman–Crippen LogP) is 1.81. The summed E-state index contributed by atoms with van der Waals surface area (Å²) in [7, 11) is 1.71. The second-order valence-corrected chi connectivity index (χ2v) is 4.63. The Bertz CT molecular complexity index is 526. The van der Waals surface area contributed by atoms with Crippen molar-refractivity contribution < 1.29 is 4.74 Å². The molecule has 6 heteroatoms. The molecule has 2 unspecified atom stereocenters. The molecular formula is C13H19N5O. The first-order valence-electron chi connectivity index (χ1n) is 6.25. The van der Waals surface area contributed by atoms with E-state index < -0.39 is 0 Å². The van der Waals surface area contributed by atoms with Gasteiger partial charge in [0, 0.05) is 18.8 Å². The lowest BCUT2D eigenvalue weighted by Crippen LogP contribution is -2.29. The molecule has 0 bridgehead atoms. The van der Waals surface area contributed by atoms with E-state index in [0.717, 1.165) is 16.9 Å². The molecule has 0 fully saturated rings. The van der Waals surface area contributed by atoms with Gasteiger partial charge in [-0.1, -0.05) is 6.07 Å². The molecule has 0 saturated carbocycles. The van der Waals surface area contributed by atoms with Gasteiger partial charge in [0.05, 0.1) is 11.8 Å². The van der Waals surface area contributed by atoms with Crippen LogP contribution >= 0.6 is 0 Å². The van der Waals surface area contributed by atoms with Gasteiger partial charge in [-0.25, -0.2) is 4.68 Å². The average Bonchev–Trinajstić information content (AvgIpc) is 2.93. The van der Waals surface area contributed by atoms with Crippen molar-refractivity contribution in [3.8, 4) is 5.69 Å². The van der Waals surface area contributed by atoms with Crippen molar-refractivity contribution in [1.29, 1.82) is 0 Å². The van der Waals surface area contributed by atoms with E-state index in [9.17, 15) is 0 Å². The fourth-order valence-corrected chi connectivity index (χ4v) is 1.80. The summed E-state index contributed by atoms with van der Waals surface area (Å²) in [5, 5.41) is 14.7. The maximum absolute atomic E-state index is 5.31. The van der Waals surface area contributed by atoms with E-state index in [1.165, 1.54) is 0 Å². The van der Waals surface area contributed by atoms with Gasteiger partial charge < -0.3 is 10.1 Å². The summed E-state index contributed by atoms with van der Waals surface area (Å²) in [5.41, 5.74) is 3.10. The third kappa shape index (κ3) is 3.08. The maximum Gasteiger partial charge on any atom is 0.143 e. The first kappa shape index (κ1) is 13.5. The summed E-state index contributed by atoms with van der Waals surface area (Å²) in [4.78, 5) is 0. The van der Waals surface area contributed by atoms with Crippen LogP contribution in [0.2, 0.25) is 0 Å². The molecule has 1 heterocycles. The van der Waals surface area contributed by atoms with Crippen LogP contribution in [-0.4, -0.2) is 39.5 Å². The number of nitrogens with one attached hydrogen (secondary N) is 1. The van der Waals surface area contributed by atoms with E-state index in [0.29, 0.717) is 0 Å². The molecule has 0 aliphatic heterocycles. The SMILES string of the molecule is COC(C)C(C)Nc1ccc(C)c(-n2cnnn2)c1. The van der Waals surface area contributed by atoms with Crippen LogP contribution in [0.3, 0.4) is 0 Å². The Labute approximate surface area is 112 Å². The molecule has 0 aliphatic carbocycles. The summed E-state index contributed by atoms with van der Waals surface area (Å²) in [5.74, 6) is 0. The number of tetrazole rings is 1. The molecule has 0 radical (unpaired) electrons. The first-order valence-corrected chi connectivity index (χ1v) is 6.25. The van der Waals surface area contributed by atoms with E-state index in [-0.39, 0.29) is 12.1 Å². The predicted molar refractivity (Wildman–Crippen MR) is 73.4 cm³/mol. The Kier molecular flexibility index (Phi) is 4.11. The van der Waals surface area contributed by atoms with Gasteiger partial charge in [-0.2, -0.15) is 0 Å². The van der Waals surface area contributed by atoms with Crippen molar-refractivity contribution in [2.24, 2.45) is 0 Å². The van der Waals surface area contributed by atoms with Crippen molar-refractivity contribution in [2.45, 2.75) is 32.9 Å². The molecule has 102 valence electrons. The Morgan fingerprint density at radius 2 is 2.11 bits per heavy atom. The zero-order valence-corrected chi connectivity index (χ0v) is 11.7. The van der Waals surface area contributed by atoms with E-state index >= 15 is 0 Å². The number of rotatable bonds is 5. The second-order valence-electron chi connectivity index (χ2n) is 4.63. The topological polar surface area (TPSA) is 64.9 Å². The molecule has 0 aliphatic rings. The van der Waals surface area contributed by atoms with Gasteiger partial charge in [-0.15, -0.1) is 5.10 Å². The molecule has 2 rings (SSSR count). The number of aryl methyl sites for hydroxylation is 1. The lowest BCUT2D eigenvalue weighted by molar-refractivity contribution is 0.106. The van der Waals surface area contributed by atoms with Crippen LogP contribution in [-0.2, 0) is 4.74 Å². The minimum Gasteiger partial charge on any atom is -0.380 e. The summed E-state index contributed by atoms with van der Waals surface area (Å²) in [6.07, 6.45) is 1.73. The van der Waals surface area contributed by atoms with Gasteiger partial charge in [0.2, 0.25) is 0 Å². The number of methoxy groups -OCH3 is 1. The van der Waals surface area contributed by atoms with Crippen LogP contribution in [0.25, 0.3) is 5.69 Å². The molecule has 2 atom stereocenters. The fraction of sp³-hybridized carbons (Fsp3) is 0.462. The van der Waals surface area contributed by atoms with Crippen molar-refractivity contribution in [2.75, 3.05) is 12.4 Å². The van der Waals surface area contributed by atoms with Crippen LogP contribution in [0.5, 0.6) is 0 Å². The largest absolute Gasteiger partial charge is 0.380 e. The Balaban J connectivity index is 2.22. The van der Waals surface area contributed by atoms with Crippen molar-refractivity contribution >= 4 is 5.69 Å². The smallest absolute Gasteiger partial charge is 0.143 e. The van der Waals surface area contributed by atoms with Gasteiger partial charge in [0.25, 0.3) is 0 Å². The Morgan fingerprint density at radius 1 is 1.32 bits per heavy atom. The van der Waals surface area contributed by atoms with Gasteiger partial charge in [0.1, 0.15) is 6.33 Å². The van der Waals surface area contributed by atoms with Crippen LogP contribution in [0.15, 0.2) is 24.5 Å². The van der Waals surface area contributed by atoms with Crippen molar-refractivity contribution in [3.63, 3.8) is 0 Å².